The molecule has 0 unspecified atom stereocenters. The molecule has 0 N–H and O–H groups in total. The second-order valence-corrected chi connectivity index (χ2v) is 11.5. The van der Waals surface area contributed by atoms with E-state index in [-0.39, 0.29) is 24.3 Å². The molecule has 48 heavy (non-hydrogen) atoms. The summed E-state index contributed by atoms with van der Waals surface area (Å²) in [5, 5.41) is 9.43. The van der Waals surface area contributed by atoms with E-state index < -0.39 is 12.0 Å². The quantitative estimate of drug-likeness (QED) is 0.198. The Bertz CT molecular complexity index is 2080. The van der Waals surface area contributed by atoms with Gasteiger partial charge < -0.3 is 28.4 Å². The minimum atomic E-state index is -0.887. The predicted molar refractivity (Wildman–Crippen MR) is 180 cm³/mol. The fraction of sp³-hybridized carbons (Fsp3) is 0.278. The lowest BCUT2D eigenvalue weighted by Crippen LogP contribution is -2.40. The van der Waals surface area contributed by atoms with Gasteiger partial charge in [0.05, 0.1) is 68.0 Å². The number of allylic oxidation sites excluding steroid dienone is 1. The average molecular weight is 670 g/mol. The van der Waals surface area contributed by atoms with Crippen LogP contribution in [0.3, 0.4) is 0 Å². The molecule has 1 atom stereocenters. The number of carbonyl (C=O) groups excluding carboxylic acids is 1. The van der Waals surface area contributed by atoms with Crippen LogP contribution in [0.4, 0.5) is 0 Å². The lowest BCUT2D eigenvalue weighted by Gasteiger charge is -2.26. The lowest BCUT2D eigenvalue weighted by molar-refractivity contribution is -0.139. The molecule has 5 rings (SSSR count). The van der Waals surface area contributed by atoms with Crippen molar-refractivity contribution < 1.29 is 33.2 Å². The summed E-state index contributed by atoms with van der Waals surface area (Å²) in [7, 11) is 4.50. The maximum atomic E-state index is 14.2. The van der Waals surface area contributed by atoms with Crippen molar-refractivity contribution >= 4 is 23.4 Å². The van der Waals surface area contributed by atoms with Gasteiger partial charge in [-0.05, 0) is 68.3 Å². The summed E-state index contributed by atoms with van der Waals surface area (Å²) in [6.45, 7) is 6.03. The zero-order valence-corrected chi connectivity index (χ0v) is 28.3. The number of nitriles is 1. The van der Waals surface area contributed by atoms with Crippen LogP contribution >= 0.6 is 11.3 Å². The number of fused-ring (bicyclic) bond motifs is 1. The number of carbonyl (C=O) groups is 1. The third-order valence-corrected chi connectivity index (χ3v) is 8.59. The van der Waals surface area contributed by atoms with Crippen molar-refractivity contribution in [3.05, 3.63) is 108 Å². The van der Waals surface area contributed by atoms with Crippen LogP contribution < -0.4 is 38.6 Å². The minimum Gasteiger partial charge on any atom is -0.493 e. The first-order valence-electron chi connectivity index (χ1n) is 15.2. The molecule has 11 nitrogen and oxygen atoms in total. The molecule has 0 bridgehead atoms. The number of methoxy groups -OCH3 is 3. The molecule has 0 aliphatic carbocycles. The maximum Gasteiger partial charge on any atom is 0.338 e. The van der Waals surface area contributed by atoms with Crippen molar-refractivity contribution in [2.24, 2.45) is 4.99 Å². The molecular weight excluding hydrogens is 634 g/mol. The van der Waals surface area contributed by atoms with Crippen LogP contribution in [0.15, 0.2) is 75.7 Å². The van der Waals surface area contributed by atoms with E-state index in [1.165, 1.54) is 37.2 Å². The molecule has 0 fully saturated rings. The van der Waals surface area contributed by atoms with Crippen LogP contribution in [0, 0.1) is 11.3 Å². The van der Waals surface area contributed by atoms with Crippen molar-refractivity contribution in [3.63, 3.8) is 0 Å². The number of ether oxygens (including phenoxy) is 6. The van der Waals surface area contributed by atoms with E-state index in [1.54, 1.807) is 56.3 Å². The molecular formula is C36H35N3O8S. The molecule has 0 radical (unpaired) electrons. The fourth-order valence-electron chi connectivity index (χ4n) is 5.43. The van der Waals surface area contributed by atoms with Gasteiger partial charge in [0.2, 0.25) is 5.75 Å². The van der Waals surface area contributed by atoms with Gasteiger partial charge in [-0.3, -0.25) is 9.36 Å². The van der Waals surface area contributed by atoms with E-state index >= 15 is 0 Å². The molecule has 248 valence electrons. The zero-order valence-electron chi connectivity index (χ0n) is 27.5. The highest BCUT2D eigenvalue weighted by molar-refractivity contribution is 7.07. The molecule has 1 aliphatic heterocycles. The summed E-state index contributed by atoms with van der Waals surface area (Å²) in [5.74, 6) is 1.52. The Hall–Kier alpha value is -5.54. The van der Waals surface area contributed by atoms with Gasteiger partial charge in [-0.1, -0.05) is 35.6 Å². The van der Waals surface area contributed by atoms with Crippen molar-refractivity contribution in [2.75, 3.05) is 34.5 Å². The van der Waals surface area contributed by atoms with Gasteiger partial charge in [0.15, 0.2) is 27.8 Å². The molecule has 0 saturated carbocycles. The van der Waals surface area contributed by atoms with Crippen LogP contribution in [-0.2, 0) is 16.1 Å². The van der Waals surface area contributed by atoms with Crippen molar-refractivity contribution in [1.82, 2.24) is 4.57 Å². The summed E-state index contributed by atoms with van der Waals surface area (Å²) >= 11 is 1.20. The third-order valence-electron chi connectivity index (χ3n) is 7.61. The van der Waals surface area contributed by atoms with Crippen molar-refractivity contribution in [2.45, 2.75) is 33.4 Å². The van der Waals surface area contributed by atoms with Crippen LogP contribution in [0.25, 0.3) is 6.08 Å². The molecule has 1 aromatic heterocycles. The van der Waals surface area contributed by atoms with Crippen molar-refractivity contribution in [3.8, 4) is 34.8 Å². The second kappa shape index (κ2) is 14.9. The summed E-state index contributed by atoms with van der Waals surface area (Å²) in [5.41, 5.74) is 2.84. The molecule has 2 heterocycles. The minimum absolute atomic E-state index is 0.148. The van der Waals surface area contributed by atoms with Gasteiger partial charge in [0, 0.05) is 5.56 Å². The van der Waals surface area contributed by atoms with E-state index in [2.05, 4.69) is 11.1 Å². The van der Waals surface area contributed by atoms with Crippen LogP contribution in [0.2, 0.25) is 0 Å². The Labute approximate surface area is 281 Å². The summed E-state index contributed by atoms with van der Waals surface area (Å²) in [4.78, 5) is 32.6. The van der Waals surface area contributed by atoms with E-state index in [1.807, 2.05) is 25.1 Å². The monoisotopic (exact) mass is 669 g/mol. The van der Waals surface area contributed by atoms with Gasteiger partial charge in [-0.2, -0.15) is 5.26 Å². The third kappa shape index (κ3) is 6.63. The summed E-state index contributed by atoms with van der Waals surface area (Å²) in [6, 6.07) is 17.3. The Morgan fingerprint density at radius 1 is 0.958 bits per heavy atom. The van der Waals surface area contributed by atoms with Gasteiger partial charge in [0.1, 0.15) is 6.61 Å². The number of aromatic nitrogens is 1. The lowest BCUT2D eigenvalue weighted by atomic mass is 9.95. The smallest absolute Gasteiger partial charge is 0.338 e. The van der Waals surface area contributed by atoms with Crippen molar-refractivity contribution in [1.29, 1.82) is 5.26 Å². The normalized spacial score (nSPS) is 14.0. The van der Waals surface area contributed by atoms with Gasteiger partial charge in [-0.25, -0.2) is 9.79 Å². The van der Waals surface area contributed by atoms with Crippen LogP contribution in [0.1, 0.15) is 49.1 Å². The standard InChI is InChI=1S/C36H35N3O8S/c1-7-45-27-15-22(13-14-26(27)47-20-24-12-10-9-11-23(24)19-37)16-30-34(40)39-32(25-17-28(42-4)33(44-6)29(18-25)43-5)31(35(41)46-8-2)21(3)38-36(39)48-30/h9-18,32H,7-8,20H2,1-6H3/b30-16+/t32-/m1/s1. The topological polar surface area (TPSA) is 131 Å². The molecule has 4 aromatic rings. The molecule has 0 saturated heterocycles. The Morgan fingerprint density at radius 3 is 2.33 bits per heavy atom. The number of hydrogen-bond donors (Lipinski definition) is 0. The van der Waals surface area contributed by atoms with Gasteiger partial charge >= 0.3 is 5.97 Å². The maximum absolute atomic E-state index is 14.2. The van der Waals surface area contributed by atoms with E-state index in [4.69, 9.17) is 28.4 Å². The molecule has 12 heteroatoms. The fourth-order valence-corrected chi connectivity index (χ4v) is 6.48. The second-order valence-electron chi connectivity index (χ2n) is 10.5. The first-order valence-corrected chi connectivity index (χ1v) is 16.0. The highest BCUT2D eigenvalue weighted by Crippen LogP contribution is 2.42. The first kappa shape index (κ1) is 33.8. The van der Waals surface area contributed by atoms with Gasteiger partial charge in [0.25, 0.3) is 5.56 Å². The molecule has 0 amide bonds. The summed E-state index contributed by atoms with van der Waals surface area (Å²) < 4.78 is 35.9. The largest absolute Gasteiger partial charge is 0.493 e. The summed E-state index contributed by atoms with van der Waals surface area (Å²) in [6.07, 6.45) is 1.75. The van der Waals surface area contributed by atoms with Crippen LogP contribution in [0.5, 0.6) is 28.7 Å². The molecule has 1 aliphatic rings. The average Bonchev–Trinajstić information content (AvgIpc) is 3.40. The SMILES string of the molecule is CCOC(=O)C1=C(C)N=c2s/c(=C/c3ccc(OCc4ccccc4C#N)c(OCC)c3)c(=O)n2[C@@H]1c1cc(OC)c(OC)c(OC)c1. The Balaban J connectivity index is 1.61. The zero-order chi connectivity index (χ0) is 34.4. The highest BCUT2D eigenvalue weighted by atomic mass is 32.1. The Morgan fingerprint density at radius 2 is 1.69 bits per heavy atom. The number of hydrogen-bond acceptors (Lipinski definition) is 11. The number of thiazole rings is 1. The first-order chi connectivity index (χ1) is 23.3. The number of benzene rings is 3. The van der Waals surface area contributed by atoms with E-state index in [0.29, 0.717) is 67.1 Å². The van der Waals surface area contributed by atoms with Crippen LogP contribution in [-0.4, -0.2) is 45.1 Å². The van der Waals surface area contributed by atoms with E-state index in [9.17, 15) is 14.9 Å². The Kier molecular flexibility index (Phi) is 10.5. The molecule has 3 aromatic carbocycles. The number of nitrogens with zero attached hydrogens (tertiary/aromatic N) is 3. The number of esters is 1. The van der Waals surface area contributed by atoms with E-state index in [0.717, 1.165) is 5.56 Å². The molecule has 0 spiro atoms. The highest BCUT2D eigenvalue weighted by Gasteiger charge is 2.34. The predicted octanol–water partition coefficient (Wildman–Crippen LogP) is 4.67. The van der Waals surface area contributed by atoms with Gasteiger partial charge in [-0.15, -0.1) is 0 Å². The number of rotatable bonds is 12.